The molecule has 0 unspecified atom stereocenters. The van der Waals surface area contributed by atoms with Crippen molar-refractivity contribution in [2.24, 2.45) is 0 Å². The van der Waals surface area contributed by atoms with Crippen molar-refractivity contribution in [3.63, 3.8) is 0 Å². The molecular weight excluding hydrogens is 1100 g/mol. The van der Waals surface area contributed by atoms with Gasteiger partial charge in [0.2, 0.25) is 0 Å². The highest BCUT2D eigenvalue weighted by Crippen LogP contribution is 2.49. The fourth-order valence-electron chi connectivity index (χ4n) is 15.2. The SMILES string of the molecule is CC(C)(C)c1cc2c3c(c1)N(c1ccc(-c4ccccc4)cc1)c1cc(-n4c5ccc(C(C)(C)C)cc5c5c6ccccc6ccc54)ccc1B3c1ccc(-n3c4ccc(C(C)(C)C)cc4c4c5ccccc5ccc43)cc1N2c1ccc(-c2ccccc2)cc1. The van der Waals surface area contributed by atoms with Crippen LogP contribution in [0.15, 0.2) is 267 Å². The minimum atomic E-state index is -0.216. The van der Waals surface area contributed by atoms with Crippen LogP contribution >= 0.6 is 0 Å². The molecule has 0 N–H and O–H groups in total. The van der Waals surface area contributed by atoms with Gasteiger partial charge in [-0.3, -0.25) is 0 Å². The Bertz CT molecular complexity index is 5130. The summed E-state index contributed by atoms with van der Waals surface area (Å²) in [4.78, 5) is 5.20. The lowest BCUT2D eigenvalue weighted by Gasteiger charge is -2.45. The summed E-state index contributed by atoms with van der Waals surface area (Å²) in [6.07, 6.45) is 0. The standard InChI is InChI=1S/C86H71BN4/c1-84(2,3)60-34-46-73-69(48-60)81-67-26-18-16-24-58(67)32-44-75(81)90(73)65-40-42-71-77(52-65)88(63-36-28-56(29-37-63)54-20-12-10-13-21-54)79-50-62(86(7,8)9)51-80-83(79)87(71)72-43-41-66(53-78(72)89(80)64-38-30-57(31-39-64)55-22-14-11-15-23-55)91-74-47-35-61(85(4,5)6)49-70(74)82-68-27-19-17-25-59(68)33-45-76(82)91/h10-53H,1-9H3. The van der Waals surface area contributed by atoms with Crippen molar-refractivity contribution in [2.45, 2.75) is 78.6 Å². The number of hydrogen-bond acceptors (Lipinski definition) is 2. The van der Waals surface area contributed by atoms with E-state index >= 15 is 0 Å². The summed E-state index contributed by atoms with van der Waals surface area (Å²) in [5.41, 5.74) is 26.2. The second-order valence-corrected chi connectivity index (χ2v) is 28.6. The molecule has 4 nitrogen and oxygen atoms in total. The molecule has 91 heavy (non-hydrogen) atoms. The van der Waals surface area contributed by atoms with Crippen LogP contribution in [-0.4, -0.2) is 15.8 Å². The van der Waals surface area contributed by atoms with E-state index in [4.69, 9.17) is 0 Å². The smallest absolute Gasteiger partial charge is 0.252 e. The quantitative estimate of drug-likeness (QED) is 0.154. The number of rotatable bonds is 6. The molecule has 0 radical (unpaired) electrons. The lowest BCUT2D eigenvalue weighted by atomic mass is 9.33. The molecule has 0 atom stereocenters. The second-order valence-electron chi connectivity index (χ2n) is 28.6. The van der Waals surface area contributed by atoms with Crippen molar-refractivity contribution < 1.29 is 0 Å². The Hall–Kier alpha value is -10.4. The highest BCUT2D eigenvalue weighted by atomic mass is 15.2. The largest absolute Gasteiger partial charge is 0.311 e. The lowest BCUT2D eigenvalue weighted by Crippen LogP contribution is -2.61. The predicted molar refractivity (Wildman–Crippen MR) is 391 cm³/mol. The van der Waals surface area contributed by atoms with Crippen LogP contribution in [0.2, 0.25) is 0 Å². The molecule has 2 aliphatic rings. The summed E-state index contributed by atoms with van der Waals surface area (Å²) in [5.74, 6) is 0. The van der Waals surface area contributed by atoms with Crippen molar-refractivity contribution in [3.8, 4) is 33.6 Å². The van der Waals surface area contributed by atoms with E-state index in [1.54, 1.807) is 0 Å². The Kier molecular flexibility index (Phi) is 12.1. The van der Waals surface area contributed by atoms with E-state index < -0.39 is 0 Å². The van der Waals surface area contributed by atoms with Crippen molar-refractivity contribution in [1.82, 2.24) is 9.13 Å². The van der Waals surface area contributed by atoms with Gasteiger partial charge in [-0.05, 0) is 190 Å². The summed E-state index contributed by atoms with van der Waals surface area (Å²) in [7, 11) is 0. The van der Waals surface area contributed by atoms with E-state index in [-0.39, 0.29) is 23.0 Å². The zero-order valence-electron chi connectivity index (χ0n) is 53.3. The first-order chi connectivity index (χ1) is 44.0. The maximum atomic E-state index is 2.60. The molecule has 17 rings (SSSR count). The van der Waals surface area contributed by atoms with Crippen molar-refractivity contribution in [1.29, 1.82) is 0 Å². The molecule has 13 aromatic carbocycles. The number of benzene rings is 13. The normalized spacial score (nSPS) is 13.3. The molecule has 0 amide bonds. The van der Waals surface area contributed by atoms with Crippen LogP contribution in [0.4, 0.5) is 34.1 Å². The first-order valence-electron chi connectivity index (χ1n) is 32.3. The van der Waals surface area contributed by atoms with Crippen LogP contribution in [0.5, 0.6) is 0 Å². The summed E-state index contributed by atoms with van der Waals surface area (Å²) >= 11 is 0. The summed E-state index contributed by atoms with van der Waals surface area (Å²) in [6.45, 7) is 20.9. The van der Waals surface area contributed by atoms with E-state index in [0.29, 0.717) is 0 Å². The van der Waals surface area contributed by atoms with Gasteiger partial charge in [0.05, 0.1) is 22.1 Å². The fraction of sp³-hybridized carbons (Fsp3) is 0.140. The average molecular weight is 1170 g/mol. The number of fused-ring (bicyclic) bond motifs is 14. The Morgan fingerprint density at radius 3 is 1.03 bits per heavy atom. The van der Waals surface area contributed by atoms with E-state index in [1.807, 2.05) is 0 Å². The fourth-order valence-corrected chi connectivity index (χ4v) is 15.2. The van der Waals surface area contributed by atoms with Crippen LogP contribution in [-0.2, 0) is 16.2 Å². The molecule has 2 aliphatic heterocycles. The highest BCUT2D eigenvalue weighted by Gasteiger charge is 2.45. The van der Waals surface area contributed by atoms with E-state index in [1.165, 1.54) is 143 Å². The number of hydrogen-bond donors (Lipinski definition) is 0. The van der Waals surface area contributed by atoms with Gasteiger partial charge in [-0.25, -0.2) is 0 Å². The van der Waals surface area contributed by atoms with Crippen LogP contribution in [0.1, 0.15) is 79.0 Å². The van der Waals surface area contributed by atoms with Gasteiger partial charge >= 0.3 is 0 Å². The third kappa shape index (κ3) is 8.65. The Balaban J connectivity index is 0.958. The third-order valence-electron chi connectivity index (χ3n) is 19.9. The zero-order chi connectivity index (χ0) is 61.8. The van der Waals surface area contributed by atoms with E-state index in [2.05, 4.69) is 348 Å². The summed E-state index contributed by atoms with van der Waals surface area (Å²) in [5, 5.41) is 10.1. The summed E-state index contributed by atoms with van der Waals surface area (Å²) < 4.78 is 5.07. The molecule has 4 heterocycles. The maximum Gasteiger partial charge on any atom is 0.252 e. The van der Waals surface area contributed by atoms with Crippen molar-refractivity contribution >= 4 is 122 Å². The summed E-state index contributed by atoms with van der Waals surface area (Å²) in [6, 6.07) is 102. The molecule has 0 spiro atoms. The van der Waals surface area contributed by atoms with E-state index in [9.17, 15) is 0 Å². The zero-order valence-corrected chi connectivity index (χ0v) is 53.3. The molecule has 0 bridgehead atoms. The minimum absolute atomic E-state index is 0.0273. The van der Waals surface area contributed by atoms with Crippen LogP contribution in [0.3, 0.4) is 0 Å². The number of aromatic nitrogens is 2. The van der Waals surface area contributed by atoms with Crippen molar-refractivity contribution in [3.05, 3.63) is 284 Å². The minimum Gasteiger partial charge on any atom is -0.311 e. The lowest BCUT2D eigenvalue weighted by molar-refractivity contribution is 0.590. The van der Waals surface area contributed by atoms with Crippen LogP contribution in [0.25, 0.3) is 98.8 Å². The first kappa shape index (κ1) is 54.8. The molecule has 5 heteroatoms. The molecule has 438 valence electrons. The van der Waals surface area contributed by atoms with Gasteiger partial charge in [0.15, 0.2) is 0 Å². The van der Waals surface area contributed by atoms with Crippen LogP contribution in [0, 0.1) is 0 Å². The van der Waals surface area contributed by atoms with E-state index in [0.717, 1.165) is 22.7 Å². The molecule has 0 saturated heterocycles. The predicted octanol–water partition coefficient (Wildman–Crippen LogP) is 21.5. The maximum absolute atomic E-state index is 2.60. The van der Waals surface area contributed by atoms with Crippen LogP contribution < -0.4 is 26.2 Å². The van der Waals surface area contributed by atoms with Gasteiger partial charge in [-0.2, -0.15) is 0 Å². The Morgan fingerprint density at radius 1 is 0.264 bits per heavy atom. The van der Waals surface area contributed by atoms with Gasteiger partial charge in [0, 0.05) is 67.0 Å². The number of nitrogens with zero attached hydrogens (tertiary/aromatic N) is 4. The molecular formula is C86H71BN4. The Labute approximate surface area is 534 Å². The number of anilines is 6. The monoisotopic (exact) mass is 1170 g/mol. The molecule has 2 aromatic heterocycles. The van der Waals surface area contributed by atoms with Gasteiger partial charge in [-0.15, -0.1) is 0 Å². The van der Waals surface area contributed by atoms with Crippen molar-refractivity contribution in [2.75, 3.05) is 9.80 Å². The highest BCUT2D eigenvalue weighted by molar-refractivity contribution is 7.00. The molecule has 0 saturated carbocycles. The molecule has 15 aromatic rings. The second kappa shape index (κ2) is 20.1. The van der Waals surface area contributed by atoms with Gasteiger partial charge in [-0.1, -0.05) is 232 Å². The average Bonchev–Trinajstić information content (AvgIpc) is 1.56. The van der Waals surface area contributed by atoms with Gasteiger partial charge < -0.3 is 18.9 Å². The molecule has 0 aliphatic carbocycles. The topological polar surface area (TPSA) is 16.3 Å². The first-order valence-corrected chi connectivity index (χ1v) is 32.3. The van der Waals surface area contributed by atoms with Gasteiger partial charge in [0.25, 0.3) is 6.71 Å². The van der Waals surface area contributed by atoms with Gasteiger partial charge in [0.1, 0.15) is 0 Å². The Morgan fingerprint density at radius 2 is 0.626 bits per heavy atom. The third-order valence-corrected chi connectivity index (χ3v) is 19.9. The molecule has 0 fully saturated rings.